The number of aryl methyl sites for hydroxylation is 1. The molecule has 84 heavy (non-hydrogen) atoms. The maximum absolute atomic E-state index is 14.4. The van der Waals surface area contributed by atoms with Gasteiger partial charge in [0, 0.05) is 52.1 Å². The number of aromatic nitrogens is 1. The minimum atomic E-state index is -1.64. The molecule has 0 spiro atoms. The van der Waals surface area contributed by atoms with E-state index >= 15 is 0 Å². The largest absolute Gasteiger partial charge is 0.448 e. The first-order chi connectivity index (χ1) is 39.3. The maximum atomic E-state index is 14.4. The molecule has 4 rings (SSSR count). The molecule has 0 radical (unpaired) electrons. The van der Waals surface area contributed by atoms with Crippen LogP contribution in [0, 0.1) is 30.6 Å². The van der Waals surface area contributed by atoms with Crippen molar-refractivity contribution in [1.82, 2.24) is 62.6 Å². The lowest BCUT2D eigenvalue weighted by Crippen LogP contribution is -2.65. The molecular formula is C60H102N12O12. The van der Waals surface area contributed by atoms with Gasteiger partial charge in [0.05, 0.1) is 13.2 Å². The number of morpholine rings is 1. The molecule has 3 heterocycles. The van der Waals surface area contributed by atoms with Gasteiger partial charge in [-0.3, -0.25) is 52.8 Å². The topological polar surface area (TPSA) is 321 Å². The summed E-state index contributed by atoms with van der Waals surface area (Å²) in [6.45, 7) is 27.5. The Labute approximate surface area is 497 Å². The van der Waals surface area contributed by atoms with Crippen molar-refractivity contribution in [2.24, 2.45) is 23.7 Å². The van der Waals surface area contributed by atoms with E-state index < -0.39 is 100.0 Å². The van der Waals surface area contributed by atoms with Crippen LogP contribution >= 0.6 is 0 Å². The van der Waals surface area contributed by atoms with E-state index in [1.54, 1.807) is 6.92 Å². The van der Waals surface area contributed by atoms with Crippen LogP contribution in [0.3, 0.4) is 0 Å². The molecule has 1 unspecified atom stereocenters. The number of nitrogens with zero attached hydrogens (tertiary/aromatic N) is 3. The second-order valence-electron chi connectivity index (χ2n) is 26.3. The van der Waals surface area contributed by atoms with Gasteiger partial charge in [-0.1, -0.05) is 73.6 Å². The van der Waals surface area contributed by atoms with Crippen LogP contribution in [0.5, 0.6) is 0 Å². The first-order valence-corrected chi connectivity index (χ1v) is 30.6. The summed E-state index contributed by atoms with van der Waals surface area (Å²) in [6, 6.07) is -5.46. The van der Waals surface area contributed by atoms with Gasteiger partial charge < -0.3 is 61.9 Å². The van der Waals surface area contributed by atoms with Crippen LogP contribution in [0.15, 0.2) is 10.7 Å². The monoisotopic (exact) mass is 1180 g/mol. The molecule has 10 amide bonds. The van der Waals surface area contributed by atoms with Gasteiger partial charge in [-0.2, -0.15) is 0 Å². The second kappa shape index (κ2) is 32.4. The van der Waals surface area contributed by atoms with Gasteiger partial charge in [0.1, 0.15) is 53.1 Å². The van der Waals surface area contributed by atoms with E-state index in [0.717, 1.165) is 45.2 Å². The Kier molecular flexibility index (Phi) is 27.1. The zero-order valence-electron chi connectivity index (χ0n) is 52.7. The van der Waals surface area contributed by atoms with E-state index in [0.29, 0.717) is 63.8 Å². The van der Waals surface area contributed by atoms with Gasteiger partial charge in [-0.05, 0) is 117 Å². The average molecular weight is 1180 g/mol. The smallest absolute Gasteiger partial charge is 0.276 e. The molecule has 1 aromatic heterocycles. The zero-order chi connectivity index (χ0) is 62.7. The van der Waals surface area contributed by atoms with Gasteiger partial charge >= 0.3 is 0 Å². The SMILES string of the molecule is Cc1nc(C(=O)N2CCC[C@H]2C(=O)N[C@@H](CCC2CCCCC2)C(=O)N[C@@H](CC(C)C)C(=O)NC(C)(C)C(=O)NC(CC(C)C)C(=O)N[C@@H](CC(C)C)C(=O)NC(C)(C)C(=O)NC(C)(C)C(=O)NCCC(=O)N[C@@H](C)CN2CCOCC2)co1. The van der Waals surface area contributed by atoms with Crippen molar-refractivity contribution in [1.29, 1.82) is 0 Å². The fourth-order valence-corrected chi connectivity index (χ4v) is 10.8. The minimum Gasteiger partial charge on any atom is -0.448 e. The first kappa shape index (κ1) is 70.3. The van der Waals surface area contributed by atoms with Crippen LogP contribution in [-0.2, 0) is 47.9 Å². The number of oxazole rings is 1. The summed E-state index contributed by atoms with van der Waals surface area (Å²) in [4.78, 5) is 146. The van der Waals surface area contributed by atoms with Crippen molar-refractivity contribution in [3.8, 4) is 0 Å². The lowest BCUT2D eigenvalue weighted by atomic mass is 9.85. The number of carbonyl (C=O) groups is 10. The van der Waals surface area contributed by atoms with Crippen LogP contribution in [0.2, 0.25) is 0 Å². The summed E-state index contributed by atoms with van der Waals surface area (Å²) in [5, 5.41) is 25.3. The molecule has 2 aliphatic heterocycles. The molecule has 9 N–H and O–H groups in total. The second-order valence-corrected chi connectivity index (χ2v) is 26.3. The molecule has 1 aliphatic carbocycles. The molecule has 1 aromatic rings. The molecule has 24 heteroatoms. The number of ether oxygens (including phenoxy) is 1. The number of hydrogen-bond acceptors (Lipinski definition) is 14. The Morgan fingerprint density at radius 2 is 1.12 bits per heavy atom. The van der Waals surface area contributed by atoms with Crippen molar-refractivity contribution in [2.45, 2.75) is 233 Å². The number of likely N-dealkylation sites (tertiary alicyclic amines) is 1. The molecule has 3 fully saturated rings. The lowest BCUT2D eigenvalue weighted by molar-refractivity contribution is -0.139. The summed E-state index contributed by atoms with van der Waals surface area (Å²) in [5.74, 6) is -5.37. The Morgan fingerprint density at radius 1 is 0.595 bits per heavy atom. The van der Waals surface area contributed by atoms with Crippen LogP contribution in [0.1, 0.15) is 190 Å². The van der Waals surface area contributed by atoms with Gasteiger partial charge in [0.2, 0.25) is 53.2 Å². The van der Waals surface area contributed by atoms with Crippen molar-refractivity contribution >= 4 is 59.1 Å². The minimum absolute atomic E-state index is 0.0232. The van der Waals surface area contributed by atoms with Crippen LogP contribution in [0.25, 0.3) is 0 Å². The number of amides is 10. The highest BCUT2D eigenvalue weighted by Gasteiger charge is 2.42. The number of rotatable bonds is 31. The van der Waals surface area contributed by atoms with E-state index in [9.17, 15) is 47.9 Å². The molecule has 0 aromatic carbocycles. The van der Waals surface area contributed by atoms with Gasteiger partial charge in [0.15, 0.2) is 11.6 Å². The summed E-state index contributed by atoms with van der Waals surface area (Å²) in [7, 11) is 0. The molecule has 3 aliphatic rings. The first-order valence-electron chi connectivity index (χ1n) is 30.6. The van der Waals surface area contributed by atoms with E-state index in [2.05, 4.69) is 57.7 Å². The Balaban J connectivity index is 1.40. The number of carbonyl (C=O) groups excluding carboxylic acids is 10. The Morgan fingerprint density at radius 3 is 1.65 bits per heavy atom. The molecule has 24 nitrogen and oxygen atoms in total. The summed E-state index contributed by atoms with van der Waals surface area (Å²) >= 11 is 0. The molecule has 6 atom stereocenters. The fraction of sp³-hybridized carbons (Fsp3) is 0.783. The van der Waals surface area contributed by atoms with Crippen LogP contribution < -0.4 is 47.9 Å². The standard InChI is InChI=1S/C60H102N12O12/c1-36(2)31-43(50(75)66-45(33-38(5)6)52(77)69-60(13,14)57(82)70-58(9,10)55(80)61-25-24-48(73)62-39(7)34-71-27-29-83-30-28-71)67-56(81)59(11,12)68-51(76)44(32-37(3)4)65-49(74)42(23-22-41-19-16-15-17-20-41)64-53(78)47-21-18-26-72(47)54(79)46-35-84-40(8)63-46/h35-39,41-45,47H,15-34H2,1-14H3,(H,61,80)(H,62,73)(H,64,78)(H,65,74)(H,66,75)(H,67,81)(H,68,76)(H,69,77)(H,70,82)/t39-,42-,43?,44-,45-,47-/m0/s1. The predicted molar refractivity (Wildman–Crippen MR) is 316 cm³/mol. The Hall–Kier alpha value is -6.17. The van der Waals surface area contributed by atoms with Crippen molar-refractivity contribution < 1.29 is 57.1 Å². The fourth-order valence-electron chi connectivity index (χ4n) is 10.8. The normalized spacial score (nSPS) is 18.2. The lowest BCUT2D eigenvalue weighted by Gasteiger charge is -2.34. The molecule has 1 saturated carbocycles. The quantitative estimate of drug-likeness (QED) is 0.0517. The highest BCUT2D eigenvalue weighted by atomic mass is 16.5. The average Bonchev–Trinajstić information content (AvgIpc) is 3.71. The van der Waals surface area contributed by atoms with E-state index in [1.807, 2.05) is 48.5 Å². The molecular weight excluding hydrogens is 1080 g/mol. The van der Waals surface area contributed by atoms with Gasteiger partial charge in [0.25, 0.3) is 5.91 Å². The van der Waals surface area contributed by atoms with Crippen molar-refractivity contribution in [3.05, 3.63) is 17.8 Å². The van der Waals surface area contributed by atoms with E-state index in [-0.39, 0.29) is 67.6 Å². The third-order valence-electron chi connectivity index (χ3n) is 15.6. The highest BCUT2D eigenvalue weighted by Crippen LogP contribution is 2.28. The summed E-state index contributed by atoms with van der Waals surface area (Å²) < 4.78 is 10.6. The van der Waals surface area contributed by atoms with Crippen LogP contribution in [0.4, 0.5) is 0 Å². The van der Waals surface area contributed by atoms with E-state index in [1.165, 1.54) is 52.7 Å². The maximum Gasteiger partial charge on any atom is 0.276 e. The highest BCUT2D eigenvalue weighted by molar-refractivity contribution is 6.00. The zero-order valence-corrected chi connectivity index (χ0v) is 52.7. The van der Waals surface area contributed by atoms with Crippen LogP contribution in [-0.4, -0.2) is 173 Å². The molecule has 0 bridgehead atoms. The van der Waals surface area contributed by atoms with Crippen molar-refractivity contribution in [2.75, 3.05) is 45.9 Å². The predicted octanol–water partition coefficient (Wildman–Crippen LogP) is 3.05. The third-order valence-corrected chi connectivity index (χ3v) is 15.6. The van der Waals surface area contributed by atoms with Crippen molar-refractivity contribution in [3.63, 3.8) is 0 Å². The van der Waals surface area contributed by atoms with Gasteiger partial charge in [-0.25, -0.2) is 4.98 Å². The summed E-state index contributed by atoms with van der Waals surface area (Å²) in [5.41, 5.74) is -4.60. The number of hydrogen-bond donors (Lipinski definition) is 9. The third kappa shape index (κ3) is 22.7. The van der Waals surface area contributed by atoms with E-state index in [4.69, 9.17) is 9.15 Å². The molecule has 2 saturated heterocycles. The Bertz CT molecular complexity index is 2410. The molecule has 474 valence electrons. The van der Waals surface area contributed by atoms with Gasteiger partial charge in [-0.15, -0.1) is 0 Å². The summed E-state index contributed by atoms with van der Waals surface area (Å²) in [6.07, 6.45) is 9.04. The number of nitrogens with one attached hydrogen (secondary N) is 9.